The fraction of sp³-hybridized carbons (Fsp3) is 0.688. The molecule has 0 saturated carbocycles. The number of hydrogen-bond donors (Lipinski definition) is 1. The molecule has 1 unspecified atom stereocenters. The number of esters is 1. The number of rotatable bonds is 6. The monoisotopic (exact) mass is 324 g/mol. The molecule has 1 atom stereocenters. The molecule has 122 valence electrons. The minimum absolute atomic E-state index is 0.0354. The number of nitrogens with one attached hydrogen (secondary N) is 1. The van der Waals surface area contributed by atoms with Gasteiger partial charge in [0.05, 0.1) is 18.2 Å². The lowest BCUT2D eigenvalue weighted by Gasteiger charge is -2.18. The lowest BCUT2D eigenvalue weighted by molar-refractivity contribution is -0.148. The largest absolute Gasteiger partial charge is 0.466 e. The van der Waals surface area contributed by atoms with Crippen LogP contribution in [0.1, 0.15) is 50.6 Å². The highest BCUT2D eigenvalue weighted by Crippen LogP contribution is 2.33. The van der Waals surface area contributed by atoms with Crippen molar-refractivity contribution >= 4 is 28.3 Å². The van der Waals surface area contributed by atoms with E-state index in [4.69, 9.17) is 4.74 Å². The second-order valence-corrected chi connectivity index (χ2v) is 6.67. The highest BCUT2D eigenvalue weighted by Gasteiger charge is 2.29. The zero-order valence-corrected chi connectivity index (χ0v) is 14.3. The van der Waals surface area contributed by atoms with Gasteiger partial charge in [0, 0.05) is 10.8 Å². The predicted octanol–water partition coefficient (Wildman–Crippen LogP) is 3.19. The van der Waals surface area contributed by atoms with Gasteiger partial charge in [-0.25, -0.2) is 4.98 Å². The molecule has 6 heteroatoms. The molecule has 22 heavy (non-hydrogen) atoms. The maximum atomic E-state index is 12.1. The average Bonchev–Trinajstić information content (AvgIpc) is 2.89. The Hall–Kier alpha value is -1.43. The van der Waals surface area contributed by atoms with Crippen molar-refractivity contribution in [1.82, 2.24) is 4.98 Å². The summed E-state index contributed by atoms with van der Waals surface area (Å²) in [7, 11) is 0. The van der Waals surface area contributed by atoms with Crippen LogP contribution in [0.15, 0.2) is 0 Å². The maximum absolute atomic E-state index is 12.1. The van der Waals surface area contributed by atoms with Gasteiger partial charge >= 0.3 is 5.97 Å². The Balaban J connectivity index is 2.02. The fourth-order valence-corrected chi connectivity index (χ4v) is 3.85. The van der Waals surface area contributed by atoms with E-state index in [9.17, 15) is 9.59 Å². The highest BCUT2D eigenvalue weighted by molar-refractivity contribution is 7.15. The van der Waals surface area contributed by atoms with Crippen LogP contribution in [0.4, 0.5) is 5.13 Å². The summed E-state index contributed by atoms with van der Waals surface area (Å²) in [6.45, 7) is 6.28. The molecule has 2 rings (SSSR count). The minimum atomic E-state index is -0.121. The molecule has 1 amide bonds. The molecule has 0 fully saturated rings. The number of aryl methyl sites for hydroxylation is 1. The summed E-state index contributed by atoms with van der Waals surface area (Å²) in [4.78, 5) is 29.6. The van der Waals surface area contributed by atoms with Crippen LogP contribution in [0.2, 0.25) is 0 Å². The molecular weight excluding hydrogens is 300 g/mol. The third-order valence-corrected chi connectivity index (χ3v) is 5.18. The highest BCUT2D eigenvalue weighted by atomic mass is 32.1. The number of anilines is 1. The number of ether oxygens (including phenoxy) is 1. The predicted molar refractivity (Wildman–Crippen MR) is 87.0 cm³/mol. The third-order valence-electron chi connectivity index (χ3n) is 4.15. The SMILES string of the molecule is CCOC(=O)C1CCc2nc(NC(=O)C(CC)CC)sc2C1. The lowest BCUT2D eigenvalue weighted by atomic mass is 9.91. The fourth-order valence-electron chi connectivity index (χ4n) is 2.76. The number of carbonyl (C=O) groups excluding carboxylic acids is 2. The first-order valence-corrected chi connectivity index (χ1v) is 8.86. The maximum Gasteiger partial charge on any atom is 0.309 e. The van der Waals surface area contributed by atoms with Gasteiger partial charge in [-0.1, -0.05) is 13.8 Å². The molecule has 1 N–H and O–H groups in total. The van der Waals surface area contributed by atoms with Crippen molar-refractivity contribution in [3.8, 4) is 0 Å². The van der Waals surface area contributed by atoms with Gasteiger partial charge < -0.3 is 10.1 Å². The summed E-state index contributed by atoms with van der Waals surface area (Å²) in [6, 6.07) is 0. The Kier molecular flexibility index (Phi) is 5.94. The summed E-state index contributed by atoms with van der Waals surface area (Å²) in [6.07, 6.45) is 3.88. The van der Waals surface area contributed by atoms with Crippen molar-refractivity contribution in [2.45, 2.75) is 52.9 Å². The van der Waals surface area contributed by atoms with Gasteiger partial charge in [0.25, 0.3) is 0 Å². The number of thiazole rings is 1. The van der Waals surface area contributed by atoms with Crippen LogP contribution < -0.4 is 5.32 Å². The molecular formula is C16H24N2O3S. The molecule has 1 aromatic rings. The van der Waals surface area contributed by atoms with E-state index in [-0.39, 0.29) is 23.7 Å². The van der Waals surface area contributed by atoms with E-state index in [0.717, 1.165) is 36.3 Å². The number of nitrogens with zero attached hydrogens (tertiary/aromatic N) is 1. The van der Waals surface area contributed by atoms with Crippen molar-refractivity contribution in [2.75, 3.05) is 11.9 Å². The van der Waals surface area contributed by atoms with Crippen molar-refractivity contribution < 1.29 is 14.3 Å². The van der Waals surface area contributed by atoms with Gasteiger partial charge in [-0.05, 0) is 39.0 Å². The van der Waals surface area contributed by atoms with Gasteiger partial charge in [0.15, 0.2) is 5.13 Å². The standard InChI is InChI=1S/C16H24N2O3S/c1-4-10(5-2)14(19)18-16-17-12-8-7-11(9-13(12)22-16)15(20)21-6-3/h10-11H,4-9H2,1-3H3,(H,17,18,19). The van der Waals surface area contributed by atoms with Gasteiger partial charge in [-0.3, -0.25) is 9.59 Å². The van der Waals surface area contributed by atoms with Crippen LogP contribution in [0.3, 0.4) is 0 Å². The summed E-state index contributed by atoms with van der Waals surface area (Å²) in [5.41, 5.74) is 1.02. The van der Waals surface area contributed by atoms with E-state index in [1.807, 2.05) is 20.8 Å². The first kappa shape index (κ1) is 16.9. The van der Waals surface area contributed by atoms with E-state index >= 15 is 0 Å². The van der Waals surface area contributed by atoms with Crippen molar-refractivity contribution in [3.63, 3.8) is 0 Å². The molecule has 1 heterocycles. The Bertz CT molecular complexity index is 537. The van der Waals surface area contributed by atoms with Gasteiger partial charge in [-0.2, -0.15) is 0 Å². The van der Waals surface area contributed by atoms with E-state index in [0.29, 0.717) is 18.2 Å². The molecule has 5 nitrogen and oxygen atoms in total. The number of fused-ring (bicyclic) bond motifs is 1. The molecule has 0 radical (unpaired) electrons. The van der Waals surface area contributed by atoms with Crippen LogP contribution in [0, 0.1) is 11.8 Å². The Morgan fingerprint density at radius 3 is 2.73 bits per heavy atom. The number of aromatic nitrogens is 1. The Morgan fingerprint density at radius 2 is 2.09 bits per heavy atom. The topological polar surface area (TPSA) is 68.3 Å². The zero-order chi connectivity index (χ0) is 16.1. The Labute approximate surface area is 135 Å². The molecule has 0 bridgehead atoms. The van der Waals surface area contributed by atoms with Crippen molar-refractivity contribution in [3.05, 3.63) is 10.6 Å². The quantitative estimate of drug-likeness (QED) is 0.816. The third kappa shape index (κ3) is 3.85. The molecule has 0 aliphatic heterocycles. The van der Waals surface area contributed by atoms with E-state index in [1.54, 1.807) is 0 Å². The zero-order valence-electron chi connectivity index (χ0n) is 13.5. The van der Waals surface area contributed by atoms with Crippen LogP contribution in [-0.4, -0.2) is 23.5 Å². The van der Waals surface area contributed by atoms with E-state index in [1.165, 1.54) is 11.3 Å². The van der Waals surface area contributed by atoms with Crippen LogP contribution in [-0.2, 0) is 27.2 Å². The normalized spacial score (nSPS) is 17.2. The van der Waals surface area contributed by atoms with Gasteiger partial charge in [0.2, 0.25) is 5.91 Å². The second kappa shape index (κ2) is 7.72. The summed E-state index contributed by atoms with van der Waals surface area (Å²) >= 11 is 1.49. The van der Waals surface area contributed by atoms with Crippen LogP contribution in [0.5, 0.6) is 0 Å². The minimum Gasteiger partial charge on any atom is -0.466 e. The van der Waals surface area contributed by atoms with Gasteiger partial charge in [-0.15, -0.1) is 11.3 Å². The molecule has 0 aromatic carbocycles. The first-order valence-electron chi connectivity index (χ1n) is 8.05. The summed E-state index contributed by atoms with van der Waals surface area (Å²) in [5.74, 6) is -0.120. The summed E-state index contributed by atoms with van der Waals surface area (Å²) < 4.78 is 5.10. The van der Waals surface area contributed by atoms with Crippen molar-refractivity contribution in [1.29, 1.82) is 0 Å². The average molecular weight is 324 g/mol. The second-order valence-electron chi connectivity index (χ2n) is 5.58. The van der Waals surface area contributed by atoms with Crippen LogP contribution >= 0.6 is 11.3 Å². The molecule has 0 saturated heterocycles. The van der Waals surface area contributed by atoms with E-state index in [2.05, 4.69) is 10.3 Å². The lowest BCUT2D eigenvalue weighted by Crippen LogP contribution is -2.24. The van der Waals surface area contributed by atoms with Crippen LogP contribution in [0.25, 0.3) is 0 Å². The van der Waals surface area contributed by atoms with Gasteiger partial charge in [0.1, 0.15) is 0 Å². The number of carbonyl (C=O) groups is 2. The molecule has 0 spiro atoms. The first-order chi connectivity index (χ1) is 10.6. The van der Waals surface area contributed by atoms with E-state index < -0.39 is 0 Å². The smallest absolute Gasteiger partial charge is 0.309 e. The summed E-state index contributed by atoms with van der Waals surface area (Å²) in [5, 5.41) is 3.58. The Morgan fingerprint density at radius 1 is 1.36 bits per heavy atom. The molecule has 1 aliphatic carbocycles. The van der Waals surface area contributed by atoms with Crippen molar-refractivity contribution in [2.24, 2.45) is 11.8 Å². The molecule has 1 aromatic heterocycles. The number of amides is 1. The molecule has 1 aliphatic rings. The number of hydrogen-bond acceptors (Lipinski definition) is 5.